The molecule has 1 N–H and O–H groups in total. The summed E-state index contributed by atoms with van der Waals surface area (Å²) in [5.74, 6) is -0.0967. The van der Waals surface area contributed by atoms with Crippen molar-refractivity contribution < 1.29 is 4.79 Å². The van der Waals surface area contributed by atoms with Gasteiger partial charge in [0.15, 0.2) is 0 Å². The maximum atomic E-state index is 12.3. The normalized spacial score (nSPS) is 12.5. The maximum Gasteiger partial charge on any atom is 0.244 e. The van der Waals surface area contributed by atoms with Crippen LogP contribution in [0.15, 0.2) is 6.20 Å². The fraction of sp³-hybridized carbons (Fsp3) is 0.500. The Morgan fingerprint density at radius 2 is 2.00 bits per heavy atom. The molecule has 2 aromatic rings. The molecule has 0 spiro atoms. The highest BCUT2D eigenvalue weighted by Gasteiger charge is 2.20. The highest BCUT2D eigenvalue weighted by atomic mass is 35.5. The van der Waals surface area contributed by atoms with Gasteiger partial charge in [0.1, 0.15) is 6.04 Å². The van der Waals surface area contributed by atoms with E-state index in [1.807, 2.05) is 34.0 Å². The van der Waals surface area contributed by atoms with Crippen LogP contribution in [0.25, 0.3) is 0 Å². The molecule has 0 radical (unpaired) electrons. The highest BCUT2D eigenvalue weighted by Crippen LogP contribution is 2.22. The summed E-state index contributed by atoms with van der Waals surface area (Å²) >= 11 is 6.12. The van der Waals surface area contributed by atoms with Crippen molar-refractivity contribution in [3.8, 4) is 0 Å². The minimum absolute atomic E-state index is 0.0967. The lowest BCUT2D eigenvalue weighted by Gasteiger charge is -2.14. The van der Waals surface area contributed by atoms with E-state index in [2.05, 4.69) is 15.5 Å². The Bertz CT molecular complexity index is 673. The average molecular weight is 310 g/mol. The van der Waals surface area contributed by atoms with Gasteiger partial charge in [-0.05, 0) is 27.7 Å². The number of aryl methyl sites for hydroxylation is 3. The SMILES string of the molecule is Cc1nn(C)cc1CNC(=O)C(C)n1nc(C)c(Cl)c1C. The molecule has 2 rings (SSSR count). The molecule has 0 aliphatic carbocycles. The number of nitrogens with zero attached hydrogens (tertiary/aromatic N) is 4. The van der Waals surface area contributed by atoms with Gasteiger partial charge in [-0.2, -0.15) is 10.2 Å². The maximum absolute atomic E-state index is 12.3. The molecule has 114 valence electrons. The van der Waals surface area contributed by atoms with Crippen molar-refractivity contribution in [3.63, 3.8) is 0 Å². The predicted molar refractivity (Wildman–Crippen MR) is 81.2 cm³/mol. The monoisotopic (exact) mass is 309 g/mol. The fourth-order valence-corrected chi connectivity index (χ4v) is 2.41. The highest BCUT2D eigenvalue weighted by molar-refractivity contribution is 6.31. The molecule has 0 aliphatic heterocycles. The van der Waals surface area contributed by atoms with E-state index in [1.165, 1.54) is 0 Å². The number of rotatable bonds is 4. The zero-order valence-corrected chi connectivity index (χ0v) is 13.7. The predicted octanol–water partition coefficient (Wildman–Crippen LogP) is 2.07. The fourth-order valence-electron chi connectivity index (χ4n) is 2.28. The van der Waals surface area contributed by atoms with Gasteiger partial charge in [-0.25, -0.2) is 0 Å². The van der Waals surface area contributed by atoms with Crippen LogP contribution >= 0.6 is 11.6 Å². The number of carbonyl (C=O) groups excluding carboxylic acids is 1. The van der Waals surface area contributed by atoms with Crippen LogP contribution in [-0.2, 0) is 18.4 Å². The van der Waals surface area contributed by atoms with Crippen LogP contribution in [-0.4, -0.2) is 25.5 Å². The summed E-state index contributed by atoms with van der Waals surface area (Å²) in [7, 11) is 1.86. The first-order valence-electron chi connectivity index (χ1n) is 6.79. The van der Waals surface area contributed by atoms with Gasteiger partial charge in [0.2, 0.25) is 5.91 Å². The zero-order valence-electron chi connectivity index (χ0n) is 12.9. The van der Waals surface area contributed by atoms with Gasteiger partial charge in [-0.3, -0.25) is 14.2 Å². The van der Waals surface area contributed by atoms with E-state index in [9.17, 15) is 4.79 Å². The summed E-state index contributed by atoms with van der Waals surface area (Å²) in [5, 5.41) is 12.1. The number of hydrogen-bond acceptors (Lipinski definition) is 3. The molecule has 21 heavy (non-hydrogen) atoms. The van der Waals surface area contributed by atoms with Gasteiger partial charge in [0, 0.05) is 25.4 Å². The van der Waals surface area contributed by atoms with Crippen molar-refractivity contribution in [1.82, 2.24) is 24.9 Å². The zero-order chi connectivity index (χ0) is 15.7. The Morgan fingerprint density at radius 3 is 2.48 bits per heavy atom. The van der Waals surface area contributed by atoms with Crippen LogP contribution in [0.1, 0.15) is 35.6 Å². The third-order valence-corrected chi connectivity index (χ3v) is 4.10. The molecule has 1 amide bonds. The van der Waals surface area contributed by atoms with Crippen LogP contribution in [0.3, 0.4) is 0 Å². The van der Waals surface area contributed by atoms with Crippen molar-refractivity contribution in [1.29, 1.82) is 0 Å². The summed E-state index contributed by atoms with van der Waals surface area (Å²) in [6.45, 7) is 7.87. The van der Waals surface area contributed by atoms with Crippen LogP contribution in [0, 0.1) is 20.8 Å². The molecule has 2 aromatic heterocycles. The molecule has 0 saturated heterocycles. The molecule has 7 heteroatoms. The van der Waals surface area contributed by atoms with E-state index in [0.717, 1.165) is 22.6 Å². The van der Waals surface area contributed by atoms with Gasteiger partial charge in [-0.15, -0.1) is 0 Å². The van der Waals surface area contributed by atoms with E-state index >= 15 is 0 Å². The lowest BCUT2D eigenvalue weighted by Crippen LogP contribution is -2.31. The molecule has 0 bridgehead atoms. The quantitative estimate of drug-likeness (QED) is 0.940. The van der Waals surface area contributed by atoms with E-state index in [1.54, 1.807) is 16.3 Å². The molecular formula is C14H20ClN5O. The third kappa shape index (κ3) is 3.10. The lowest BCUT2D eigenvalue weighted by molar-refractivity contribution is -0.124. The van der Waals surface area contributed by atoms with Crippen LogP contribution in [0.2, 0.25) is 5.02 Å². The standard InChI is InChI=1S/C14H20ClN5O/c1-8-12(7-19(5)17-8)6-16-14(21)11(4)20-10(3)13(15)9(2)18-20/h7,11H,6H2,1-5H3,(H,16,21). The van der Waals surface area contributed by atoms with Crippen LogP contribution in [0.4, 0.5) is 0 Å². The number of hydrogen-bond donors (Lipinski definition) is 1. The average Bonchev–Trinajstić information content (AvgIpc) is 2.89. The Morgan fingerprint density at radius 1 is 1.33 bits per heavy atom. The summed E-state index contributed by atoms with van der Waals surface area (Å²) in [6, 6.07) is -0.409. The number of nitrogens with one attached hydrogen (secondary N) is 1. The second kappa shape index (κ2) is 5.89. The number of aromatic nitrogens is 4. The molecule has 1 unspecified atom stereocenters. The van der Waals surface area contributed by atoms with Gasteiger partial charge < -0.3 is 5.32 Å². The van der Waals surface area contributed by atoms with E-state index < -0.39 is 6.04 Å². The van der Waals surface area contributed by atoms with Gasteiger partial charge >= 0.3 is 0 Å². The molecule has 0 aromatic carbocycles. The minimum Gasteiger partial charge on any atom is -0.350 e. The van der Waals surface area contributed by atoms with E-state index in [-0.39, 0.29) is 5.91 Å². The first kappa shape index (κ1) is 15.6. The molecule has 1 atom stereocenters. The van der Waals surface area contributed by atoms with Gasteiger partial charge in [-0.1, -0.05) is 11.6 Å². The van der Waals surface area contributed by atoms with E-state index in [4.69, 9.17) is 11.6 Å². The molecule has 0 aliphatic rings. The summed E-state index contributed by atoms with van der Waals surface area (Å²) in [4.78, 5) is 12.3. The molecular weight excluding hydrogens is 290 g/mol. The Labute approximate surface area is 129 Å². The van der Waals surface area contributed by atoms with Gasteiger partial charge in [0.05, 0.1) is 22.1 Å². The molecule has 0 fully saturated rings. The topological polar surface area (TPSA) is 64.7 Å². The lowest BCUT2D eigenvalue weighted by atomic mass is 10.2. The van der Waals surface area contributed by atoms with Crippen molar-refractivity contribution in [2.45, 2.75) is 40.3 Å². The smallest absolute Gasteiger partial charge is 0.244 e. The number of halogens is 1. The Balaban J connectivity index is 2.06. The molecule has 6 nitrogen and oxygen atoms in total. The first-order chi connectivity index (χ1) is 9.81. The van der Waals surface area contributed by atoms with Gasteiger partial charge in [0.25, 0.3) is 0 Å². The summed E-state index contributed by atoms with van der Waals surface area (Å²) < 4.78 is 3.39. The van der Waals surface area contributed by atoms with Crippen LogP contribution in [0.5, 0.6) is 0 Å². The second-order valence-electron chi connectivity index (χ2n) is 5.24. The van der Waals surface area contributed by atoms with E-state index in [0.29, 0.717) is 11.6 Å². The van der Waals surface area contributed by atoms with Crippen molar-refractivity contribution in [3.05, 3.63) is 33.9 Å². The molecule has 0 saturated carbocycles. The van der Waals surface area contributed by atoms with Crippen molar-refractivity contribution in [2.75, 3.05) is 0 Å². The summed E-state index contributed by atoms with van der Waals surface area (Å²) in [6.07, 6.45) is 1.90. The van der Waals surface area contributed by atoms with Crippen LogP contribution < -0.4 is 5.32 Å². The third-order valence-electron chi connectivity index (χ3n) is 3.55. The largest absolute Gasteiger partial charge is 0.350 e. The number of amides is 1. The second-order valence-corrected chi connectivity index (χ2v) is 5.61. The number of carbonyl (C=O) groups is 1. The Hall–Kier alpha value is -1.82. The summed E-state index contributed by atoms with van der Waals surface area (Å²) in [5.41, 5.74) is 3.45. The minimum atomic E-state index is -0.409. The Kier molecular flexibility index (Phi) is 4.37. The first-order valence-corrected chi connectivity index (χ1v) is 7.17. The van der Waals surface area contributed by atoms with Crippen molar-refractivity contribution in [2.24, 2.45) is 7.05 Å². The molecule has 2 heterocycles. The van der Waals surface area contributed by atoms with Crippen molar-refractivity contribution >= 4 is 17.5 Å².